The van der Waals surface area contributed by atoms with Gasteiger partial charge in [0.2, 0.25) is 10.0 Å². The number of piperidine rings is 1. The molecule has 7 nitrogen and oxygen atoms in total. The third kappa shape index (κ3) is 3.95. The summed E-state index contributed by atoms with van der Waals surface area (Å²) >= 11 is 5.72. The van der Waals surface area contributed by atoms with Crippen molar-refractivity contribution < 1.29 is 13.3 Å². The molecule has 2 saturated heterocycles. The van der Waals surface area contributed by atoms with Gasteiger partial charge in [0.25, 0.3) is 5.69 Å². The van der Waals surface area contributed by atoms with Crippen LogP contribution in [0.3, 0.4) is 0 Å². The average Bonchev–Trinajstić information content (AvgIpc) is 2.77. The molecule has 2 aliphatic rings. The molecule has 0 spiro atoms. The summed E-state index contributed by atoms with van der Waals surface area (Å²) in [7, 11) is -3.95. The van der Waals surface area contributed by atoms with Gasteiger partial charge in [0.1, 0.15) is 0 Å². The summed E-state index contributed by atoms with van der Waals surface area (Å²) in [5, 5.41) is 14.6. The van der Waals surface area contributed by atoms with Crippen molar-refractivity contribution in [2.24, 2.45) is 0 Å². The minimum absolute atomic E-state index is 0. The maximum Gasteiger partial charge on any atom is 0.290 e. The van der Waals surface area contributed by atoms with Crippen LogP contribution in [0.1, 0.15) is 25.7 Å². The normalized spacial score (nSPS) is 26.6. The smallest absolute Gasteiger partial charge is 0.290 e. The Morgan fingerprint density at radius 1 is 1.26 bits per heavy atom. The molecule has 1 aromatic carbocycles. The topological polar surface area (TPSA) is 101 Å². The van der Waals surface area contributed by atoms with Gasteiger partial charge in [-0.05, 0) is 37.8 Å². The second kappa shape index (κ2) is 6.90. The fourth-order valence-electron chi connectivity index (χ4n) is 3.30. The quantitative estimate of drug-likeness (QED) is 0.614. The van der Waals surface area contributed by atoms with Crippen LogP contribution in [0.2, 0.25) is 5.02 Å². The Kier molecular flexibility index (Phi) is 5.52. The molecule has 2 unspecified atom stereocenters. The highest BCUT2D eigenvalue weighted by molar-refractivity contribution is 7.89. The lowest BCUT2D eigenvalue weighted by Crippen LogP contribution is -2.47. The van der Waals surface area contributed by atoms with Crippen LogP contribution in [0.15, 0.2) is 23.1 Å². The van der Waals surface area contributed by atoms with E-state index < -0.39 is 20.6 Å². The molecule has 2 N–H and O–H groups in total. The van der Waals surface area contributed by atoms with Crippen LogP contribution >= 0.6 is 24.0 Å². The van der Waals surface area contributed by atoms with Crippen LogP contribution in [0.4, 0.5) is 5.69 Å². The van der Waals surface area contributed by atoms with Crippen LogP contribution < -0.4 is 10.0 Å². The highest BCUT2D eigenvalue weighted by atomic mass is 35.5. The van der Waals surface area contributed by atoms with Gasteiger partial charge in [-0.1, -0.05) is 11.6 Å². The molecule has 0 amide bonds. The third-order valence-electron chi connectivity index (χ3n) is 4.20. The lowest BCUT2D eigenvalue weighted by molar-refractivity contribution is -0.387. The van der Waals surface area contributed by atoms with Crippen LogP contribution in [0, 0.1) is 10.1 Å². The molecule has 0 aromatic heterocycles. The molecule has 2 aliphatic heterocycles. The monoisotopic (exact) mass is 381 g/mol. The Labute approximate surface area is 145 Å². The van der Waals surface area contributed by atoms with Gasteiger partial charge in [-0.25, -0.2) is 13.1 Å². The van der Waals surface area contributed by atoms with Gasteiger partial charge in [0.15, 0.2) is 4.90 Å². The van der Waals surface area contributed by atoms with Gasteiger partial charge >= 0.3 is 0 Å². The molecule has 0 radical (unpaired) electrons. The fourth-order valence-corrected chi connectivity index (χ4v) is 4.88. The van der Waals surface area contributed by atoms with E-state index in [1.54, 1.807) is 0 Å². The Morgan fingerprint density at radius 3 is 2.43 bits per heavy atom. The van der Waals surface area contributed by atoms with E-state index in [0.717, 1.165) is 18.9 Å². The predicted octanol–water partition coefficient (Wildman–Crippen LogP) is 2.23. The van der Waals surface area contributed by atoms with Crippen molar-refractivity contribution in [3.05, 3.63) is 33.3 Å². The molecule has 2 atom stereocenters. The largest absolute Gasteiger partial charge is 0.311 e. The van der Waals surface area contributed by atoms with Gasteiger partial charge < -0.3 is 5.32 Å². The van der Waals surface area contributed by atoms with Crippen LogP contribution in [0.25, 0.3) is 0 Å². The highest BCUT2D eigenvalue weighted by Gasteiger charge is 2.36. The summed E-state index contributed by atoms with van der Waals surface area (Å²) in [6.45, 7) is 0. The van der Waals surface area contributed by atoms with Gasteiger partial charge in [-0.15, -0.1) is 12.4 Å². The first kappa shape index (κ1) is 18.4. The van der Waals surface area contributed by atoms with E-state index in [9.17, 15) is 18.5 Å². The number of nitrogens with one attached hydrogen (secondary N) is 2. The minimum atomic E-state index is -3.95. The SMILES string of the molecule is Cl.O=[N+]([O-])c1cc(Cl)ccc1S(=O)(=O)NC1CC2CCC(C1)N2. The predicted molar refractivity (Wildman–Crippen MR) is 88.6 cm³/mol. The Hall–Kier alpha value is -0.930. The zero-order valence-corrected chi connectivity index (χ0v) is 14.5. The first-order valence-electron chi connectivity index (χ1n) is 7.07. The van der Waals surface area contributed by atoms with Crippen molar-refractivity contribution in [3.63, 3.8) is 0 Å². The number of nitro benzene ring substituents is 1. The number of rotatable bonds is 4. The maximum atomic E-state index is 12.5. The van der Waals surface area contributed by atoms with Crippen molar-refractivity contribution in [1.82, 2.24) is 10.0 Å². The van der Waals surface area contributed by atoms with Gasteiger partial charge in [0, 0.05) is 29.2 Å². The number of hydrogen-bond acceptors (Lipinski definition) is 5. The molecule has 2 fully saturated rings. The van der Waals surface area contributed by atoms with E-state index in [1.807, 2.05) is 0 Å². The summed E-state index contributed by atoms with van der Waals surface area (Å²) in [5.41, 5.74) is -0.503. The minimum Gasteiger partial charge on any atom is -0.311 e. The second-order valence-electron chi connectivity index (χ2n) is 5.80. The Balaban J connectivity index is 0.00000192. The zero-order valence-electron chi connectivity index (χ0n) is 12.1. The maximum absolute atomic E-state index is 12.5. The lowest BCUT2D eigenvalue weighted by atomic mass is 10.0. The van der Waals surface area contributed by atoms with Gasteiger partial charge in [0.05, 0.1) is 4.92 Å². The first-order valence-corrected chi connectivity index (χ1v) is 8.93. The van der Waals surface area contributed by atoms with E-state index in [2.05, 4.69) is 10.0 Å². The number of nitro groups is 1. The molecular formula is C13H17Cl2N3O4S. The molecule has 0 aliphatic carbocycles. The van der Waals surface area contributed by atoms with Crippen molar-refractivity contribution in [3.8, 4) is 0 Å². The molecule has 2 heterocycles. The first-order chi connectivity index (χ1) is 10.3. The standard InChI is InChI=1S/C13H16ClN3O4S.ClH/c14-8-1-4-13(12(5-8)17(18)19)22(20,21)16-11-6-9-2-3-10(7-11)15-9;/h1,4-5,9-11,15-16H,2-3,6-7H2;1H. The summed E-state index contributed by atoms with van der Waals surface area (Å²) in [4.78, 5) is 10.0. The molecule has 3 rings (SSSR count). The average molecular weight is 382 g/mol. The van der Waals surface area contributed by atoms with E-state index in [-0.39, 0.29) is 28.4 Å². The summed E-state index contributed by atoms with van der Waals surface area (Å²) < 4.78 is 27.6. The molecule has 128 valence electrons. The summed E-state index contributed by atoms with van der Waals surface area (Å²) in [6.07, 6.45) is 3.50. The number of fused-ring (bicyclic) bond motifs is 2. The number of benzene rings is 1. The summed E-state index contributed by atoms with van der Waals surface area (Å²) in [5.74, 6) is 0. The van der Waals surface area contributed by atoms with Crippen molar-refractivity contribution in [1.29, 1.82) is 0 Å². The van der Waals surface area contributed by atoms with E-state index >= 15 is 0 Å². The third-order valence-corrected chi connectivity index (χ3v) is 6.01. The van der Waals surface area contributed by atoms with Crippen molar-refractivity contribution in [2.45, 2.75) is 48.7 Å². The van der Waals surface area contributed by atoms with E-state index in [4.69, 9.17) is 11.6 Å². The highest BCUT2D eigenvalue weighted by Crippen LogP contribution is 2.30. The molecule has 1 aromatic rings. The lowest BCUT2D eigenvalue weighted by Gasteiger charge is -2.29. The van der Waals surface area contributed by atoms with Crippen LogP contribution in [-0.4, -0.2) is 31.5 Å². The molecule has 2 bridgehead atoms. The Morgan fingerprint density at radius 2 is 1.87 bits per heavy atom. The van der Waals surface area contributed by atoms with Crippen molar-refractivity contribution in [2.75, 3.05) is 0 Å². The van der Waals surface area contributed by atoms with Crippen molar-refractivity contribution >= 4 is 39.7 Å². The second-order valence-corrected chi connectivity index (χ2v) is 7.92. The zero-order chi connectivity index (χ0) is 15.9. The number of hydrogen-bond donors (Lipinski definition) is 2. The fraction of sp³-hybridized carbons (Fsp3) is 0.538. The molecule has 0 saturated carbocycles. The number of nitrogens with zero attached hydrogens (tertiary/aromatic N) is 1. The molecule has 23 heavy (non-hydrogen) atoms. The number of halogens is 2. The Bertz CT molecular complexity index is 701. The van der Waals surface area contributed by atoms with Gasteiger partial charge in [-0.2, -0.15) is 0 Å². The van der Waals surface area contributed by atoms with E-state index in [0.29, 0.717) is 24.9 Å². The van der Waals surface area contributed by atoms with E-state index in [1.165, 1.54) is 12.1 Å². The summed E-state index contributed by atoms with van der Waals surface area (Å²) in [6, 6.07) is 4.04. The van der Waals surface area contributed by atoms with Gasteiger partial charge in [-0.3, -0.25) is 10.1 Å². The molecule has 10 heteroatoms. The van der Waals surface area contributed by atoms with Crippen LogP contribution in [0.5, 0.6) is 0 Å². The van der Waals surface area contributed by atoms with Crippen LogP contribution in [-0.2, 0) is 10.0 Å². The molecular weight excluding hydrogens is 365 g/mol. The number of sulfonamides is 1.